The first-order valence-corrected chi connectivity index (χ1v) is 9.58. The molecule has 1 fully saturated rings. The first-order chi connectivity index (χ1) is 12.6. The molecule has 0 aliphatic carbocycles. The van der Waals surface area contributed by atoms with Crippen molar-refractivity contribution in [2.45, 2.75) is 31.7 Å². The molecule has 1 aromatic carbocycles. The van der Waals surface area contributed by atoms with Gasteiger partial charge in [-0.2, -0.15) is 0 Å². The minimum Gasteiger partial charge on any atom is -0.497 e. The summed E-state index contributed by atoms with van der Waals surface area (Å²) in [7, 11) is 1.66. The van der Waals surface area contributed by atoms with Crippen molar-refractivity contribution in [1.82, 2.24) is 15.6 Å². The van der Waals surface area contributed by atoms with Gasteiger partial charge in [0.1, 0.15) is 5.75 Å². The van der Waals surface area contributed by atoms with Crippen LogP contribution in [0.4, 0.5) is 4.79 Å². The van der Waals surface area contributed by atoms with Crippen molar-refractivity contribution in [1.29, 1.82) is 0 Å². The van der Waals surface area contributed by atoms with Gasteiger partial charge in [0.15, 0.2) is 0 Å². The molecule has 1 aromatic heterocycles. The number of aromatic nitrogens is 1. The number of urea groups is 1. The molecule has 2 N–H and O–H groups in total. The smallest absolute Gasteiger partial charge is 0.315 e. The zero-order valence-electron chi connectivity index (χ0n) is 15.2. The van der Waals surface area contributed by atoms with E-state index in [0.29, 0.717) is 26.3 Å². The van der Waals surface area contributed by atoms with Gasteiger partial charge in [-0.3, -0.25) is 0 Å². The van der Waals surface area contributed by atoms with E-state index in [1.54, 1.807) is 24.6 Å². The molecule has 3 rings (SSSR count). The Kier molecular flexibility index (Phi) is 6.11. The number of hydrogen-bond donors (Lipinski definition) is 2. The van der Waals surface area contributed by atoms with Gasteiger partial charge in [0, 0.05) is 36.2 Å². The maximum atomic E-state index is 12.3. The fourth-order valence-electron chi connectivity index (χ4n) is 3.24. The molecule has 7 heteroatoms. The molecule has 0 bridgehead atoms. The van der Waals surface area contributed by atoms with E-state index < -0.39 is 0 Å². The Bertz CT molecular complexity index is 724. The molecule has 1 aliphatic heterocycles. The van der Waals surface area contributed by atoms with Crippen LogP contribution in [0.3, 0.4) is 0 Å². The molecule has 0 radical (unpaired) electrons. The van der Waals surface area contributed by atoms with Crippen molar-refractivity contribution in [2.75, 3.05) is 26.9 Å². The van der Waals surface area contributed by atoms with Gasteiger partial charge in [0.2, 0.25) is 0 Å². The van der Waals surface area contributed by atoms with Crippen LogP contribution in [0.2, 0.25) is 0 Å². The molecule has 6 nitrogen and oxygen atoms in total. The lowest BCUT2D eigenvalue weighted by atomic mass is 9.74. The number of nitrogens with one attached hydrogen (secondary N) is 2. The number of aryl methyl sites for hydroxylation is 1. The highest BCUT2D eigenvalue weighted by Crippen LogP contribution is 2.35. The van der Waals surface area contributed by atoms with Crippen LogP contribution in [-0.2, 0) is 16.7 Å². The molecular formula is C19H25N3O3S. The van der Waals surface area contributed by atoms with Crippen LogP contribution < -0.4 is 15.4 Å². The van der Waals surface area contributed by atoms with Crippen LogP contribution in [0.1, 0.15) is 28.3 Å². The van der Waals surface area contributed by atoms with Crippen LogP contribution in [0.5, 0.6) is 5.75 Å². The summed E-state index contributed by atoms with van der Waals surface area (Å²) < 4.78 is 10.8. The largest absolute Gasteiger partial charge is 0.497 e. The number of rotatable bonds is 6. The number of ether oxygens (including phenoxy) is 2. The minimum atomic E-state index is -0.157. The number of thiazole rings is 1. The predicted octanol–water partition coefficient (Wildman–Crippen LogP) is 3.01. The Morgan fingerprint density at radius 3 is 2.62 bits per heavy atom. The van der Waals surface area contributed by atoms with Crippen LogP contribution in [0.25, 0.3) is 0 Å². The highest BCUT2D eigenvalue weighted by atomic mass is 32.1. The van der Waals surface area contributed by atoms with E-state index >= 15 is 0 Å². The molecule has 0 unspecified atom stereocenters. The SMILES string of the molecule is COc1ccc(C2(CNC(=O)NCc3cnc(C)s3)CCOCC2)cc1. The van der Waals surface area contributed by atoms with Gasteiger partial charge in [-0.05, 0) is 37.5 Å². The third kappa shape index (κ3) is 4.53. The molecule has 26 heavy (non-hydrogen) atoms. The second-order valence-corrected chi connectivity index (χ2v) is 7.82. The van der Waals surface area contributed by atoms with Crippen molar-refractivity contribution < 1.29 is 14.3 Å². The Morgan fingerprint density at radius 2 is 2.00 bits per heavy atom. The number of hydrogen-bond acceptors (Lipinski definition) is 5. The number of carbonyl (C=O) groups excluding carboxylic acids is 1. The summed E-state index contributed by atoms with van der Waals surface area (Å²) >= 11 is 1.59. The number of carbonyl (C=O) groups is 1. The Morgan fingerprint density at radius 1 is 1.27 bits per heavy atom. The lowest BCUT2D eigenvalue weighted by Gasteiger charge is -2.38. The molecule has 1 saturated heterocycles. The number of benzene rings is 1. The normalized spacial score (nSPS) is 16.1. The topological polar surface area (TPSA) is 72.5 Å². The van der Waals surface area contributed by atoms with Gasteiger partial charge < -0.3 is 20.1 Å². The van der Waals surface area contributed by atoms with E-state index in [4.69, 9.17) is 9.47 Å². The maximum Gasteiger partial charge on any atom is 0.315 e. The second kappa shape index (κ2) is 8.51. The first kappa shape index (κ1) is 18.7. The average Bonchev–Trinajstić information content (AvgIpc) is 3.11. The zero-order chi connectivity index (χ0) is 18.4. The van der Waals surface area contributed by atoms with Crippen molar-refractivity contribution in [3.8, 4) is 5.75 Å². The summed E-state index contributed by atoms with van der Waals surface area (Å²) in [6.07, 6.45) is 3.57. The predicted molar refractivity (Wildman–Crippen MR) is 102 cm³/mol. The Balaban J connectivity index is 1.61. The summed E-state index contributed by atoms with van der Waals surface area (Å²) in [6, 6.07) is 7.96. The molecular weight excluding hydrogens is 350 g/mol. The van der Waals surface area contributed by atoms with E-state index in [0.717, 1.165) is 28.5 Å². The van der Waals surface area contributed by atoms with E-state index in [9.17, 15) is 4.79 Å². The Labute approximate surface area is 157 Å². The molecule has 0 spiro atoms. The van der Waals surface area contributed by atoms with Crippen molar-refractivity contribution >= 4 is 17.4 Å². The van der Waals surface area contributed by atoms with Crippen LogP contribution in [-0.4, -0.2) is 37.9 Å². The lowest BCUT2D eigenvalue weighted by Crippen LogP contribution is -2.47. The van der Waals surface area contributed by atoms with E-state index in [1.807, 2.05) is 19.1 Å². The van der Waals surface area contributed by atoms with Gasteiger partial charge >= 0.3 is 6.03 Å². The van der Waals surface area contributed by atoms with Gasteiger partial charge in [0.25, 0.3) is 0 Å². The van der Waals surface area contributed by atoms with E-state index in [1.165, 1.54) is 5.56 Å². The minimum absolute atomic E-state index is 0.108. The van der Waals surface area contributed by atoms with Crippen molar-refractivity contribution in [3.05, 3.63) is 45.9 Å². The number of methoxy groups -OCH3 is 1. The molecule has 2 aromatic rings. The zero-order valence-corrected chi connectivity index (χ0v) is 16.0. The van der Waals surface area contributed by atoms with Gasteiger partial charge in [-0.25, -0.2) is 9.78 Å². The summed E-state index contributed by atoms with van der Waals surface area (Å²) in [5.41, 5.74) is 1.10. The molecule has 0 atom stereocenters. The summed E-state index contributed by atoms with van der Waals surface area (Å²) in [5.74, 6) is 0.835. The number of amides is 2. The monoisotopic (exact) mass is 375 g/mol. The van der Waals surface area contributed by atoms with Crippen LogP contribution >= 0.6 is 11.3 Å². The molecule has 2 heterocycles. The fourth-order valence-corrected chi connectivity index (χ4v) is 3.98. The lowest BCUT2D eigenvalue weighted by molar-refractivity contribution is 0.0507. The van der Waals surface area contributed by atoms with E-state index in [2.05, 4.69) is 27.8 Å². The highest BCUT2D eigenvalue weighted by molar-refractivity contribution is 7.11. The third-order valence-corrected chi connectivity index (χ3v) is 5.74. The first-order valence-electron chi connectivity index (χ1n) is 8.77. The molecule has 0 saturated carbocycles. The van der Waals surface area contributed by atoms with Gasteiger partial charge in [-0.15, -0.1) is 11.3 Å². The van der Waals surface area contributed by atoms with Gasteiger partial charge in [0.05, 0.1) is 18.7 Å². The molecule has 140 valence electrons. The second-order valence-electron chi connectivity index (χ2n) is 6.50. The van der Waals surface area contributed by atoms with E-state index in [-0.39, 0.29) is 11.4 Å². The number of nitrogens with zero attached hydrogens (tertiary/aromatic N) is 1. The van der Waals surface area contributed by atoms with Crippen LogP contribution in [0, 0.1) is 6.92 Å². The Hall–Kier alpha value is -2.12. The summed E-state index contributed by atoms with van der Waals surface area (Å²) in [5, 5.41) is 6.96. The molecule has 2 amide bonds. The maximum absolute atomic E-state index is 12.3. The third-order valence-electron chi connectivity index (χ3n) is 4.83. The van der Waals surface area contributed by atoms with Crippen molar-refractivity contribution in [3.63, 3.8) is 0 Å². The fraction of sp³-hybridized carbons (Fsp3) is 0.474. The van der Waals surface area contributed by atoms with Crippen LogP contribution in [0.15, 0.2) is 30.5 Å². The quantitative estimate of drug-likeness (QED) is 0.814. The summed E-state index contributed by atoms with van der Waals surface area (Å²) in [4.78, 5) is 17.5. The standard InChI is InChI=1S/C19H25N3O3S/c1-14-20-11-17(26-14)12-21-18(23)22-13-19(7-9-25-10-8-19)15-3-5-16(24-2)6-4-15/h3-6,11H,7-10,12-13H2,1-2H3,(H2,21,22,23). The van der Waals surface area contributed by atoms with Crippen molar-refractivity contribution in [2.24, 2.45) is 0 Å². The highest BCUT2D eigenvalue weighted by Gasteiger charge is 2.34. The molecule has 1 aliphatic rings. The average molecular weight is 375 g/mol. The summed E-state index contributed by atoms with van der Waals surface area (Å²) in [6.45, 7) is 4.44. The van der Waals surface area contributed by atoms with Gasteiger partial charge in [-0.1, -0.05) is 12.1 Å².